The minimum absolute atomic E-state index is 0.151. The van der Waals surface area contributed by atoms with E-state index in [1.54, 1.807) is 0 Å². The molecule has 0 heterocycles. The van der Waals surface area contributed by atoms with Crippen molar-refractivity contribution in [1.82, 2.24) is 0 Å². The molecular weight excluding hydrogens is 284 g/mol. The van der Waals surface area contributed by atoms with Crippen LogP contribution in [0.5, 0.6) is 5.75 Å². The molecule has 1 aromatic carbocycles. The predicted octanol–water partition coefficient (Wildman–Crippen LogP) is 2.73. The summed E-state index contributed by atoms with van der Waals surface area (Å²) >= 11 is 4.78. The van der Waals surface area contributed by atoms with E-state index in [1.807, 2.05) is 24.3 Å². The van der Waals surface area contributed by atoms with Crippen LogP contribution < -0.4 is 15.8 Å². The lowest BCUT2D eigenvalue weighted by atomic mass is 10.0. The third kappa shape index (κ3) is 3.35. The Morgan fingerprint density at radius 2 is 2.05 bits per heavy atom. The number of anilines is 1. The van der Waals surface area contributed by atoms with E-state index in [2.05, 4.69) is 5.32 Å². The number of hydrogen-bond donors (Lipinski definition) is 2. The van der Waals surface area contributed by atoms with Gasteiger partial charge < -0.3 is 15.8 Å². The summed E-state index contributed by atoms with van der Waals surface area (Å²) in [6, 6.07) is 7.36. The fraction of sp³-hybridized carbons (Fsp3) is 0.500. The van der Waals surface area contributed by atoms with Gasteiger partial charge in [-0.1, -0.05) is 31.1 Å². The summed E-state index contributed by atoms with van der Waals surface area (Å²) < 4.78 is 5.44. The van der Waals surface area contributed by atoms with E-state index >= 15 is 0 Å². The molecule has 1 aromatic rings. The van der Waals surface area contributed by atoms with Crippen LogP contribution in [-0.4, -0.2) is 17.5 Å². The number of thiocarbonyl (C=S) groups is 1. The molecule has 0 radical (unpaired) electrons. The molecule has 2 aliphatic rings. The lowest BCUT2D eigenvalue weighted by Crippen LogP contribution is -2.18. The van der Waals surface area contributed by atoms with E-state index in [0.29, 0.717) is 22.6 Å². The summed E-state index contributed by atoms with van der Waals surface area (Å²) in [7, 11) is 0. The second kappa shape index (κ2) is 6.02. The van der Waals surface area contributed by atoms with Crippen LogP contribution in [0, 0.1) is 17.8 Å². The van der Waals surface area contributed by atoms with Gasteiger partial charge in [-0.25, -0.2) is 0 Å². The van der Waals surface area contributed by atoms with Gasteiger partial charge in [0.25, 0.3) is 0 Å². The van der Waals surface area contributed by atoms with Gasteiger partial charge in [0.2, 0.25) is 5.91 Å². The van der Waals surface area contributed by atoms with Gasteiger partial charge in [0.05, 0.1) is 0 Å². The van der Waals surface area contributed by atoms with Crippen LogP contribution in [0.1, 0.15) is 25.7 Å². The first-order valence-corrected chi connectivity index (χ1v) is 7.88. The molecule has 2 unspecified atom stereocenters. The summed E-state index contributed by atoms with van der Waals surface area (Å²) in [6.45, 7) is 0.208. The van der Waals surface area contributed by atoms with Crippen molar-refractivity contribution in [3.8, 4) is 5.75 Å². The van der Waals surface area contributed by atoms with Gasteiger partial charge in [0, 0.05) is 17.7 Å². The average molecular weight is 304 g/mol. The standard InChI is InChI=1S/C16H20N2O2S/c17-14(21)9-20-11-5-3-4-10(8-11)18-16(19)15-12-6-1-2-7-13(12)15/h3-5,8,12-13,15H,1-2,6-7,9H2,(H2,17,21)(H,18,19). The number of hydrogen-bond acceptors (Lipinski definition) is 3. The quantitative estimate of drug-likeness (QED) is 0.821. The molecular formula is C16H20N2O2S. The zero-order chi connectivity index (χ0) is 14.8. The fourth-order valence-electron chi connectivity index (χ4n) is 3.42. The summed E-state index contributed by atoms with van der Waals surface area (Å²) in [4.78, 5) is 12.6. The summed E-state index contributed by atoms with van der Waals surface area (Å²) in [5, 5.41) is 3.01. The number of nitrogens with one attached hydrogen (secondary N) is 1. The lowest BCUT2D eigenvalue weighted by molar-refractivity contribution is -0.117. The van der Waals surface area contributed by atoms with Crippen LogP contribution in [0.3, 0.4) is 0 Å². The van der Waals surface area contributed by atoms with Crippen molar-refractivity contribution in [3.63, 3.8) is 0 Å². The largest absolute Gasteiger partial charge is 0.486 e. The minimum Gasteiger partial charge on any atom is -0.486 e. The van der Waals surface area contributed by atoms with E-state index in [4.69, 9.17) is 22.7 Å². The van der Waals surface area contributed by atoms with Gasteiger partial charge in [-0.3, -0.25) is 4.79 Å². The monoisotopic (exact) mass is 304 g/mol. The number of nitrogens with two attached hydrogens (primary N) is 1. The van der Waals surface area contributed by atoms with Crippen molar-refractivity contribution >= 4 is 28.8 Å². The molecule has 0 bridgehead atoms. The predicted molar refractivity (Wildman–Crippen MR) is 86.3 cm³/mol. The molecule has 112 valence electrons. The SMILES string of the molecule is NC(=S)COc1cccc(NC(=O)C2C3CCCCC32)c1. The Labute approximate surface area is 130 Å². The van der Waals surface area contributed by atoms with Crippen LogP contribution in [0.4, 0.5) is 5.69 Å². The molecule has 0 spiro atoms. The first kappa shape index (κ1) is 14.3. The Morgan fingerprint density at radius 3 is 2.71 bits per heavy atom. The van der Waals surface area contributed by atoms with Crippen molar-refractivity contribution in [2.24, 2.45) is 23.5 Å². The van der Waals surface area contributed by atoms with Crippen LogP contribution in [-0.2, 0) is 4.79 Å². The summed E-state index contributed by atoms with van der Waals surface area (Å²) in [6.07, 6.45) is 4.96. The van der Waals surface area contributed by atoms with Crippen molar-refractivity contribution in [1.29, 1.82) is 0 Å². The highest BCUT2D eigenvalue weighted by Crippen LogP contribution is 2.55. The second-order valence-corrected chi connectivity index (χ2v) is 6.43. The molecule has 2 atom stereocenters. The number of ether oxygens (including phenoxy) is 1. The Morgan fingerprint density at radius 1 is 1.33 bits per heavy atom. The van der Waals surface area contributed by atoms with Crippen molar-refractivity contribution in [2.75, 3.05) is 11.9 Å². The maximum absolute atomic E-state index is 12.3. The van der Waals surface area contributed by atoms with Gasteiger partial charge in [-0.15, -0.1) is 0 Å². The van der Waals surface area contributed by atoms with Crippen molar-refractivity contribution in [3.05, 3.63) is 24.3 Å². The number of amides is 1. The van der Waals surface area contributed by atoms with Gasteiger partial charge in [-0.2, -0.15) is 0 Å². The fourth-order valence-corrected chi connectivity index (χ4v) is 3.48. The first-order valence-electron chi connectivity index (χ1n) is 7.47. The highest BCUT2D eigenvalue weighted by molar-refractivity contribution is 7.80. The van der Waals surface area contributed by atoms with Gasteiger partial charge >= 0.3 is 0 Å². The molecule has 3 rings (SSSR count). The minimum atomic E-state index is 0.151. The van der Waals surface area contributed by atoms with E-state index in [1.165, 1.54) is 25.7 Å². The maximum atomic E-state index is 12.3. The van der Waals surface area contributed by atoms with Crippen LogP contribution in [0.25, 0.3) is 0 Å². The molecule has 2 saturated carbocycles. The molecule has 0 aliphatic heterocycles. The zero-order valence-corrected chi connectivity index (χ0v) is 12.7. The Hall–Kier alpha value is -1.62. The third-order valence-corrected chi connectivity index (χ3v) is 4.56. The molecule has 3 N–H and O–H groups in total. The summed E-state index contributed by atoms with van der Waals surface area (Å²) in [5.41, 5.74) is 6.18. The summed E-state index contributed by atoms with van der Waals surface area (Å²) in [5.74, 6) is 2.27. The number of carbonyl (C=O) groups excluding carboxylic acids is 1. The Balaban J connectivity index is 1.58. The Bertz CT molecular complexity index is 549. The van der Waals surface area contributed by atoms with E-state index < -0.39 is 0 Å². The first-order chi connectivity index (χ1) is 10.1. The van der Waals surface area contributed by atoms with Crippen LogP contribution in [0.2, 0.25) is 0 Å². The lowest BCUT2D eigenvalue weighted by Gasteiger charge is -2.08. The molecule has 2 fully saturated rings. The molecule has 2 aliphatic carbocycles. The average Bonchev–Trinajstić information content (AvgIpc) is 3.20. The topological polar surface area (TPSA) is 64.3 Å². The zero-order valence-electron chi connectivity index (χ0n) is 11.9. The van der Waals surface area contributed by atoms with E-state index in [0.717, 1.165) is 5.69 Å². The van der Waals surface area contributed by atoms with Crippen LogP contribution >= 0.6 is 12.2 Å². The number of benzene rings is 1. The molecule has 5 heteroatoms. The van der Waals surface area contributed by atoms with Gasteiger partial charge in [-0.05, 0) is 36.8 Å². The van der Waals surface area contributed by atoms with Crippen LogP contribution in [0.15, 0.2) is 24.3 Å². The van der Waals surface area contributed by atoms with Gasteiger partial charge in [0.15, 0.2) is 0 Å². The number of fused-ring (bicyclic) bond motifs is 1. The third-order valence-electron chi connectivity index (χ3n) is 4.44. The molecule has 0 saturated heterocycles. The van der Waals surface area contributed by atoms with Crippen molar-refractivity contribution in [2.45, 2.75) is 25.7 Å². The molecule has 4 nitrogen and oxygen atoms in total. The number of rotatable bonds is 5. The normalized spacial score (nSPS) is 26.6. The van der Waals surface area contributed by atoms with Gasteiger partial charge in [0.1, 0.15) is 17.3 Å². The number of carbonyl (C=O) groups is 1. The van der Waals surface area contributed by atoms with E-state index in [9.17, 15) is 4.79 Å². The Kier molecular flexibility index (Phi) is 4.10. The highest BCUT2D eigenvalue weighted by Gasteiger charge is 2.54. The molecule has 21 heavy (non-hydrogen) atoms. The molecule has 0 aromatic heterocycles. The highest BCUT2D eigenvalue weighted by atomic mass is 32.1. The second-order valence-electron chi connectivity index (χ2n) is 5.91. The molecule has 1 amide bonds. The maximum Gasteiger partial charge on any atom is 0.228 e. The van der Waals surface area contributed by atoms with Crippen molar-refractivity contribution < 1.29 is 9.53 Å². The van der Waals surface area contributed by atoms with E-state index in [-0.39, 0.29) is 18.4 Å². The smallest absolute Gasteiger partial charge is 0.228 e.